The van der Waals surface area contributed by atoms with E-state index in [2.05, 4.69) is 54.6 Å². The van der Waals surface area contributed by atoms with Gasteiger partial charge in [-0.25, -0.2) is 0 Å². The molecule has 1 fully saturated rings. The topological polar surface area (TPSA) is 0 Å². The van der Waals surface area contributed by atoms with E-state index in [9.17, 15) is 0 Å². The van der Waals surface area contributed by atoms with Crippen LogP contribution in [0.4, 0.5) is 0 Å². The molecule has 0 aromatic heterocycles. The molecule has 1 aliphatic carbocycles. The Labute approximate surface area is 110 Å². The van der Waals surface area contributed by atoms with E-state index in [1.54, 1.807) is 5.56 Å². The van der Waals surface area contributed by atoms with Gasteiger partial charge in [0.25, 0.3) is 0 Å². The van der Waals surface area contributed by atoms with Crippen LogP contribution in [0.1, 0.15) is 43.6 Å². The third-order valence-electron chi connectivity index (χ3n) is 4.09. The summed E-state index contributed by atoms with van der Waals surface area (Å²) >= 11 is 0. The van der Waals surface area contributed by atoms with Gasteiger partial charge in [-0.05, 0) is 35.4 Å². The standard InChI is InChI=1S/C18H20/c1-3-9-15(10-4-1)17-13-7-8-14-18(17)16-11-5-2-6-12-16/h1,3-4,7-10,13-14,16H,2,5-6,11-12H2. The van der Waals surface area contributed by atoms with Crippen LogP contribution in [0, 0.1) is 0 Å². The number of rotatable bonds is 2. The van der Waals surface area contributed by atoms with Crippen molar-refractivity contribution in [2.24, 2.45) is 0 Å². The molecule has 3 rings (SSSR count). The van der Waals surface area contributed by atoms with Crippen molar-refractivity contribution in [2.45, 2.75) is 38.0 Å². The fourth-order valence-electron chi connectivity index (χ4n) is 3.15. The molecule has 1 aliphatic rings. The normalized spacial score (nSPS) is 16.7. The smallest absolute Gasteiger partial charge is 0.0149 e. The van der Waals surface area contributed by atoms with E-state index in [4.69, 9.17) is 0 Å². The summed E-state index contributed by atoms with van der Waals surface area (Å²) in [6.45, 7) is 0. The maximum absolute atomic E-state index is 2.33. The Hall–Kier alpha value is -1.56. The second kappa shape index (κ2) is 5.39. The largest absolute Gasteiger partial charge is 0.0622 e. The van der Waals surface area contributed by atoms with Gasteiger partial charge in [-0.15, -0.1) is 0 Å². The highest BCUT2D eigenvalue weighted by atomic mass is 14.2. The summed E-state index contributed by atoms with van der Waals surface area (Å²) < 4.78 is 0. The first kappa shape index (κ1) is 11.5. The summed E-state index contributed by atoms with van der Waals surface area (Å²) in [4.78, 5) is 0. The highest BCUT2D eigenvalue weighted by molar-refractivity contribution is 5.68. The Morgan fingerprint density at radius 1 is 0.667 bits per heavy atom. The van der Waals surface area contributed by atoms with Crippen molar-refractivity contribution in [3.05, 3.63) is 60.2 Å². The molecule has 0 nitrogen and oxygen atoms in total. The van der Waals surface area contributed by atoms with E-state index in [1.807, 2.05) is 0 Å². The van der Waals surface area contributed by atoms with Crippen LogP contribution in [-0.2, 0) is 0 Å². The third kappa shape index (κ3) is 2.33. The first-order chi connectivity index (χ1) is 8.95. The molecular formula is C18H20. The van der Waals surface area contributed by atoms with Gasteiger partial charge < -0.3 is 0 Å². The fraction of sp³-hybridized carbons (Fsp3) is 0.333. The van der Waals surface area contributed by atoms with Crippen LogP contribution in [0.3, 0.4) is 0 Å². The van der Waals surface area contributed by atoms with Crippen LogP contribution in [0.2, 0.25) is 0 Å². The summed E-state index contributed by atoms with van der Waals surface area (Å²) in [6.07, 6.45) is 6.94. The SMILES string of the molecule is c1ccc(-c2ccccc2C2CCCCC2)cc1. The minimum Gasteiger partial charge on any atom is -0.0622 e. The monoisotopic (exact) mass is 236 g/mol. The van der Waals surface area contributed by atoms with E-state index in [0.717, 1.165) is 5.92 Å². The summed E-state index contributed by atoms with van der Waals surface area (Å²) in [5.74, 6) is 0.773. The molecule has 2 aromatic rings. The first-order valence-corrected chi connectivity index (χ1v) is 7.09. The van der Waals surface area contributed by atoms with Gasteiger partial charge in [0.05, 0.1) is 0 Å². The first-order valence-electron chi connectivity index (χ1n) is 7.09. The zero-order valence-corrected chi connectivity index (χ0v) is 10.8. The maximum Gasteiger partial charge on any atom is -0.0149 e. The Morgan fingerprint density at radius 2 is 1.33 bits per heavy atom. The summed E-state index contributed by atoms with van der Waals surface area (Å²) in [7, 11) is 0. The Morgan fingerprint density at radius 3 is 2.11 bits per heavy atom. The van der Waals surface area contributed by atoms with E-state index < -0.39 is 0 Å². The van der Waals surface area contributed by atoms with Crippen molar-refractivity contribution in [2.75, 3.05) is 0 Å². The van der Waals surface area contributed by atoms with E-state index in [1.165, 1.54) is 43.2 Å². The molecular weight excluding hydrogens is 216 g/mol. The zero-order chi connectivity index (χ0) is 12.2. The Kier molecular flexibility index (Phi) is 3.45. The van der Waals surface area contributed by atoms with Crippen LogP contribution >= 0.6 is 0 Å². The Balaban J connectivity index is 1.99. The highest BCUT2D eigenvalue weighted by Gasteiger charge is 2.18. The van der Waals surface area contributed by atoms with Crippen LogP contribution < -0.4 is 0 Å². The quantitative estimate of drug-likeness (QED) is 0.654. The van der Waals surface area contributed by atoms with Gasteiger partial charge >= 0.3 is 0 Å². The molecule has 0 heteroatoms. The molecule has 0 aliphatic heterocycles. The second-order valence-corrected chi connectivity index (χ2v) is 5.29. The van der Waals surface area contributed by atoms with E-state index in [0.29, 0.717) is 0 Å². The van der Waals surface area contributed by atoms with Crippen molar-refractivity contribution in [1.29, 1.82) is 0 Å². The predicted molar refractivity (Wildman–Crippen MR) is 77.7 cm³/mol. The summed E-state index contributed by atoms with van der Waals surface area (Å²) in [5, 5.41) is 0. The van der Waals surface area contributed by atoms with Gasteiger partial charge in [-0.2, -0.15) is 0 Å². The molecule has 92 valence electrons. The van der Waals surface area contributed by atoms with Crippen LogP contribution in [0.25, 0.3) is 11.1 Å². The molecule has 0 bridgehead atoms. The molecule has 0 amide bonds. The second-order valence-electron chi connectivity index (χ2n) is 5.29. The average Bonchev–Trinajstić information content (AvgIpc) is 2.49. The maximum atomic E-state index is 2.33. The molecule has 0 saturated heterocycles. The van der Waals surface area contributed by atoms with Crippen LogP contribution in [0.5, 0.6) is 0 Å². The lowest BCUT2D eigenvalue weighted by molar-refractivity contribution is 0.444. The van der Waals surface area contributed by atoms with Crippen molar-refractivity contribution in [3.8, 4) is 11.1 Å². The molecule has 1 saturated carbocycles. The average molecular weight is 236 g/mol. The summed E-state index contributed by atoms with van der Waals surface area (Å²) in [5.41, 5.74) is 4.35. The lowest BCUT2D eigenvalue weighted by Crippen LogP contribution is -2.05. The van der Waals surface area contributed by atoms with Gasteiger partial charge in [0.1, 0.15) is 0 Å². The van der Waals surface area contributed by atoms with E-state index >= 15 is 0 Å². The lowest BCUT2D eigenvalue weighted by atomic mass is 9.81. The van der Waals surface area contributed by atoms with Crippen molar-refractivity contribution in [1.82, 2.24) is 0 Å². The lowest BCUT2D eigenvalue weighted by Gasteiger charge is -2.24. The van der Waals surface area contributed by atoms with Crippen LogP contribution in [-0.4, -0.2) is 0 Å². The minimum absolute atomic E-state index is 0.773. The number of benzene rings is 2. The fourth-order valence-corrected chi connectivity index (χ4v) is 3.15. The number of hydrogen-bond acceptors (Lipinski definition) is 0. The van der Waals surface area contributed by atoms with Gasteiger partial charge in [-0.1, -0.05) is 73.9 Å². The molecule has 0 atom stereocenters. The number of hydrogen-bond donors (Lipinski definition) is 0. The third-order valence-corrected chi connectivity index (χ3v) is 4.09. The van der Waals surface area contributed by atoms with Crippen molar-refractivity contribution < 1.29 is 0 Å². The van der Waals surface area contributed by atoms with Gasteiger partial charge in [0, 0.05) is 0 Å². The van der Waals surface area contributed by atoms with Gasteiger partial charge in [0.2, 0.25) is 0 Å². The van der Waals surface area contributed by atoms with Gasteiger partial charge in [-0.3, -0.25) is 0 Å². The molecule has 2 aromatic carbocycles. The minimum atomic E-state index is 0.773. The highest BCUT2D eigenvalue weighted by Crippen LogP contribution is 2.37. The molecule has 0 heterocycles. The Bertz CT molecular complexity index is 492. The van der Waals surface area contributed by atoms with E-state index in [-0.39, 0.29) is 0 Å². The van der Waals surface area contributed by atoms with Crippen molar-refractivity contribution in [3.63, 3.8) is 0 Å². The van der Waals surface area contributed by atoms with Crippen molar-refractivity contribution >= 4 is 0 Å². The molecule has 0 spiro atoms. The molecule has 0 unspecified atom stereocenters. The summed E-state index contributed by atoms with van der Waals surface area (Å²) in [6, 6.07) is 19.8. The molecule has 0 N–H and O–H groups in total. The van der Waals surface area contributed by atoms with Crippen LogP contribution in [0.15, 0.2) is 54.6 Å². The van der Waals surface area contributed by atoms with Gasteiger partial charge in [0.15, 0.2) is 0 Å². The zero-order valence-electron chi connectivity index (χ0n) is 10.8. The molecule has 0 radical (unpaired) electrons. The predicted octanol–water partition coefficient (Wildman–Crippen LogP) is 5.40. The molecule has 18 heavy (non-hydrogen) atoms.